The first-order valence-corrected chi connectivity index (χ1v) is 16.7. The zero-order valence-corrected chi connectivity index (χ0v) is 27.5. The lowest BCUT2D eigenvalue weighted by atomic mass is 9.89. The lowest BCUT2D eigenvalue weighted by Gasteiger charge is -2.22. The molecule has 7 rings (SSSR count). The van der Waals surface area contributed by atoms with Gasteiger partial charge >= 0.3 is 12.6 Å². The van der Waals surface area contributed by atoms with Crippen molar-refractivity contribution in [3.05, 3.63) is 94.8 Å². The summed E-state index contributed by atoms with van der Waals surface area (Å²) >= 11 is 0. The first-order valence-electron chi connectivity index (χ1n) is 16.7. The number of nitrogens with zero attached hydrogens (tertiary/aromatic N) is 3. The Balaban J connectivity index is 1.21. The molecule has 5 aromatic rings. The molecule has 1 unspecified atom stereocenters. The molecule has 1 N–H and O–H groups in total. The summed E-state index contributed by atoms with van der Waals surface area (Å²) in [7, 11) is 0. The summed E-state index contributed by atoms with van der Waals surface area (Å²) in [5, 5.41) is 9.63. The molecule has 7 nitrogen and oxygen atoms in total. The Labute approximate surface area is 282 Å². The molecule has 0 aliphatic carbocycles. The fourth-order valence-corrected chi connectivity index (χ4v) is 7.41. The minimum Gasteiger partial charge on any atom is -0.480 e. The number of aromatic nitrogens is 1. The van der Waals surface area contributed by atoms with Gasteiger partial charge in [0.15, 0.2) is 5.58 Å². The van der Waals surface area contributed by atoms with Gasteiger partial charge in [0.1, 0.15) is 23.1 Å². The number of ether oxygens (including phenoxy) is 1. The van der Waals surface area contributed by atoms with Crippen LogP contribution < -0.4 is 4.74 Å². The van der Waals surface area contributed by atoms with Crippen molar-refractivity contribution in [1.82, 2.24) is 14.8 Å². The van der Waals surface area contributed by atoms with E-state index >= 15 is 4.39 Å². The van der Waals surface area contributed by atoms with Crippen molar-refractivity contribution in [2.75, 3.05) is 19.6 Å². The van der Waals surface area contributed by atoms with Crippen LogP contribution in [0.15, 0.2) is 71.1 Å². The minimum absolute atomic E-state index is 0.0736. The number of rotatable bonds is 10. The van der Waals surface area contributed by atoms with Crippen molar-refractivity contribution in [3.63, 3.8) is 0 Å². The largest absolute Gasteiger partial charge is 0.480 e. The number of likely N-dealkylation sites (tertiary alicyclic amines) is 2. The molecule has 2 aliphatic heterocycles. The molecular weight excluding hydrogens is 631 g/mol. The second-order valence-corrected chi connectivity index (χ2v) is 13.0. The summed E-state index contributed by atoms with van der Waals surface area (Å²) in [5.41, 5.74) is 7.90. The van der Waals surface area contributed by atoms with Gasteiger partial charge < -0.3 is 14.3 Å². The molecule has 0 bridgehead atoms. The molecule has 1 atom stereocenters. The molecular formula is C39H38F3N3O4. The number of oxazole rings is 1. The van der Waals surface area contributed by atoms with Crippen LogP contribution in [-0.2, 0) is 17.9 Å². The zero-order valence-electron chi connectivity index (χ0n) is 27.5. The predicted molar refractivity (Wildman–Crippen MR) is 182 cm³/mol. The van der Waals surface area contributed by atoms with Gasteiger partial charge in [-0.1, -0.05) is 42.5 Å². The van der Waals surface area contributed by atoms with Crippen molar-refractivity contribution in [1.29, 1.82) is 0 Å². The summed E-state index contributed by atoms with van der Waals surface area (Å²) in [6.07, 6.45) is 3.57. The van der Waals surface area contributed by atoms with Crippen LogP contribution >= 0.6 is 0 Å². The molecule has 0 saturated carbocycles. The van der Waals surface area contributed by atoms with Gasteiger partial charge in [0.2, 0.25) is 5.89 Å². The van der Waals surface area contributed by atoms with Crippen LogP contribution in [0, 0.1) is 19.7 Å². The van der Waals surface area contributed by atoms with Gasteiger partial charge in [-0.2, -0.15) is 8.78 Å². The third-order valence-corrected chi connectivity index (χ3v) is 9.93. The Hall–Kier alpha value is -4.67. The molecule has 1 aromatic heterocycles. The highest BCUT2D eigenvalue weighted by Crippen LogP contribution is 2.39. The number of carboxylic acid groups (broad SMARTS) is 1. The number of hydrogen-bond donors (Lipinski definition) is 1. The SMILES string of the molecule is Cc1c(-c2nc3cc(CN4CCCC4C(=O)O)c(OC(F)F)cc3o2)cccc1-c1cccc(-c2ccc(CN3CCCC3)cc2F)c1C. The number of aliphatic carboxylic acids is 1. The number of carbonyl (C=O) groups is 1. The maximum atomic E-state index is 15.6. The summed E-state index contributed by atoms with van der Waals surface area (Å²) in [5.74, 6) is -0.944. The smallest absolute Gasteiger partial charge is 0.387 e. The average Bonchev–Trinajstić information content (AvgIpc) is 3.84. The number of alkyl halides is 2. The van der Waals surface area contributed by atoms with Crippen LogP contribution in [0.3, 0.4) is 0 Å². The molecule has 2 fully saturated rings. The standard InChI is InChI=1S/C39H38F3N3O4/c1-23-27(8-5-10-29(23)31-14-13-25(18-32(31)40)21-44-15-3-4-16-44)28-9-6-11-30(24(28)2)37-43-33-19-26(22-45-17-7-12-34(45)38(46)47)35(49-39(41)42)20-36(33)48-37/h5-6,8-11,13-14,18-20,34,39H,3-4,7,12,15-17,21-22H2,1-2H3,(H,46,47). The van der Waals surface area contributed by atoms with Crippen molar-refractivity contribution in [3.8, 4) is 39.5 Å². The molecule has 4 aromatic carbocycles. The van der Waals surface area contributed by atoms with Gasteiger partial charge in [-0.05, 0) is 111 Å². The summed E-state index contributed by atoms with van der Waals surface area (Å²) in [6, 6.07) is 19.6. The second kappa shape index (κ2) is 13.7. The molecule has 254 valence electrons. The number of fused-ring (bicyclic) bond motifs is 1. The normalized spacial score (nSPS) is 17.1. The molecule has 2 saturated heterocycles. The molecule has 0 amide bonds. The van der Waals surface area contributed by atoms with E-state index in [0.29, 0.717) is 41.9 Å². The Kier molecular flexibility index (Phi) is 9.17. The van der Waals surface area contributed by atoms with E-state index in [1.54, 1.807) is 17.0 Å². The van der Waals surface area contributed by atoms with Gasteiger partial charge in [0, 0.05) is 35.8 Å². The van der Waals surface area contributed by atoms with Crippen molar-refractivity contribution < 1.29 is 32.2 Å². The van der Waals surface area contributed by atoms with Crippen LogP contribution in [0.25, 0.3) is 44.8 Å². The molecule has 0 radical (unpaired) electrons. The Morgan fingerprint density at radius 3 is 2.24 bits per heavy atom. The first-order chi connectivity index (χ1) is 23.7. The summed E-state index contributed by atoms with van der Waals surface area (Å²) in [4.78, 5) is 20.6. The third kappa shape index (κ3) is 6.67. The highest BCUT2D eigenvalue weighted by Gasteiger charge is 2.31. The summed E-state index contributed by atoms with van der Waals surface area (Å²) < 4.78 is 53.4. The zero-order chi connectivity index (χ0) is 34.2. The van der Waals surface area contributed by atoms with E-state index in [4.69, 9.17) is 14.1 Å². The van der Waals surface area contributed by atoms with E-state index in [-0.39, 0.29) is 23.7 Å². The highest BCUT2D eigenvalue weighted by molar-refractivity contribution is 5.85. The number of benzene rings is 4. The van der Waals surface area contributed by atoms with E-state index in [9.17, 15) is 18.7 Å². The van der Waals surface area contributed by atoms with Gasteiger partial charge in [0.05, 0.1) is 0 Å². The maximum Gasteiger partial charge on any atom is 0.387 e. The van der Waals surface area contributed by atoms with E-state index in [1.165, 1.54) is 18.9 Å². The van der Waals surface area contributed by atoms with Gasteiger partial charge in [-0.25, -0.2) is 9.37 Å². The van der Waals surface area contributed by atoms with Crippen molar-refractivity contribution in [2.24, 2.45) is 0 Å². The lowest BCUT2D eigenvalue weighted by molar-refractivity contribution is -0.142. The first kappa shape index (κ1) is 32.9. The van der Waals surface area contributed by atoms with Crippen LogP contribution in [0.1, 0.15) is 47.9 Å². The van der Waals surface area contributed by atoms with Gasteiger partial charge in [-0.15, -0.1) is 0 Å². The van der Waals surface area contributed by atoms with Crippen LogP contribution in [0.5, 0.6) is 5.75 Å². The Morgan fingerprint density at radius 1 is 0.898 bits per heavy atom. The lowest BCUT2D eigenvalue weighted by Crippen LogP contribution is -2.35. The van der Waals surface area contributed by atoms with Crippen molar-refractivity contribution in [2.45, 2.75) is 65.3 Å². The summed E-state index contributed by atoms with van der Waals surface area (Å²) in [6.45, 7) is 4.42. The average molecular weight is 670 g/mol. The van der Waals surface area contributed by atoms with E-state index < -0.39 is 18.6 Å². The van der Waals surface area contributed by atoms with Gasteiger partial charge in [0.25, 0.3) is 0 Å². The van der Waals surface area contributed by atoms with Gasteiger partial charge in [-0.3, -0.25) is 14.6 Å². The van der Waals surface area contributed by atoms with Crippen LogP contribution in [0.2, 0.25) is 0 Å². The van der Waals surface area contributed by atoms with Crippen molar-refractivity contribution >= 4 is 17.1 Å². The van der Waals surface area contributed by atoms with E-state index in [2.05, 4.69) is 4.90 Å². The molecule has 3 heterocycles. The fourth-order valence-electron chi connectivity index (χ4n) is 7.41. The quantitative estimate of drug-likeness (QED) is 0.159. The second-order valence-electron chi connectivity index (χ2n) is 13.0. The fraction of sp³-hybridized carbons (Fsp3) is 0.333. The Bertz CT molecular complexity index is 2020. The van der Waals surface area contributed by atoms with E-state index in [0.717, 1.165) is 58.6 Å². The third-order valence-electron chi connectivity index (χ3n) is 9.93. The molecule has 2 aliphatic rings. The monoisotopic (exact) mass is 669 g/mol. The highest BCUT2D eigenvalue weighted by atomic mass is 19.3. The number of carboxylic acids is 1. The molecule has 0 spiro atoms. The molecule has 10 heteroatoms. The maximum absolute atomic E-state index is 15.6. The molecule has 49 heavy (non-hydrogen) atoms. The topological polar surface area (TPSA) is 79.0 Å². The van der Waals surface area contributed by atoms with Crippen LogP contribution in [-0.4, -0.2) is 58.1 Å². The minimum atomic E-state index is -3.06. The predicted octanol–water partition coefficient (Wildman–Crippen LogP) is 8.83. The Morgan fingerprint density at radius 2 is 1.57 bits per heavy atom. The van der Waals surface area contributed by atoms with Crippen LogP contribution in [0.4, 0.5) is 13.2 Å². The van der Waals surface area contributed by atoms with E-state index in [1.807, 2.05) is 62.4 Å². The number of halogens is 3. The number of hydrogen-bond acceptors (Lipinski definition) is 6.